The number of benzene rings is 1. The molecule has 1 aliphatic rings. The number of pyridine rings is 1. The summed E-state index contributed by atoms with van der Waals surface area (Å²) in [5.74, 6) is -0.220. The van der Waals surface area contributed by atoms with Crippen molar-refractivity contribution in [1.29, 1.82) is 0 Å². The summed E-state index contributed by atoms with van der Waals surface area (Å²) in [7, 11) is -3.68. The minimum Gasteiger partial charge on any atom is -0.439 e. The Hall–Kier alpha value is -2.52. The first-order valence-electron chi connectivity index (χ1n) is 9.94. The number of carbonyl (C=O) groups excluding carboxylic acids is 1. The van der Waals surface area contributed by atoms with E-state index < -0.39 is 21.7 Å². The average molecular weight is 436 g/mol. The van der Waals surface area contributed by atoms with Gasteiger partial charge in [-0.05, 0) is 67.5 Å². The Morgan fingerprint density at radius 1 is 1.17 bits per heavy atom. The van der Waals surface area contributed by atoms with Crippen LogP contribution in [0.2, 0.25) is 0 Å². The Labute approximate surface area is 176 Å². The van der Waals surface area contributed by atoms with E-state index in [2.05, 4.69) is 21.9 Å². The molecule has 2 N–H and O–H groups in total. The van der Waals surface area contributed by atoms with Gasteiger partial charge in [0.2, 0.25) is 21.8 Å². The minimum atomic E-state index is -3.68. The van der Waals surface area contributed by atoms with Crippen molar-refractivity contribution in [3.05, 3.63) is 54.0 Å². The van der Waals surface area contributed by atoms with Crippen LogP contribution in [0.15, 0.2) is 42.6 Å². The van der Waals surface area contributed by atoms with Crippen LogP contribution in [0.5, 0.6) is 11.6 Å². The number of ether oxygens (including phenoxy) is 1. The second-order valence-electron chi connectivity index (χ2n) is 7.67. The highest BCUT2D eigenvalue weighted by Crippen LogP contribution is 2.24. The number of nitrogens with zero attached hydrogens (tertiary/aromatic N) is 1. The molecule has 1 amide bonds. The molecule has 0 spiro atoms. The van der Waals surface area contributed by atoms with E-state index in [0.29, 0.717) is 17.2 Å². The zero-order valence-corrected chi connectivity index (χ0v) is 17.6. The Morgan fingerprint density at radius 3 is 2.57 bits per heavy atom. The number of rotatable bonds is 8. The molecule has 162 valence electrons. The molecule has 1 fully saturated rings. The SMILES string of the molecule is CC1CCC(NS(=O)(=O)CC(=O)NCc2ccnc(Oc3ccc(F)cc3)c2)CC1. The number of carbonyl (C=O) groups is 1. The van der Waals surface area contributed by atoms with Crippen molar-refractivity contribution in [2.45, 2.75) is 45.2 Å². The van der Waals surface area contributed by atoms with Crippen LogP contribution in [0.3, 0.4) is 0 Å². The van der Waals surface area contributed by atoms with Crippen LogP contribution in [0.1, 0.15) is 38.2 Å². The second kappa shape index (κ2) is 9.99. The molecule has 0 aliphatic heterocycles. The van der Waals surface area contributed by atoms with Crippen molar-refractivity contribution in [2.75, 3.05) is 5.75 Å². The summed E-state index contributed by atoms with van der Waals surface area (Å²) in [5.41, 5.74) is 0.696. The molecule has 3 rings (SSSR count). The van der Waals surface area contributed by atoms with Crippen molar-refractivity contribution in [1.82, 2.24) is 15.0 Å². The van der Waals surface area contributed by atoms with Crippen molar-refractivity contribution in [3.63, 3.8) is 0 Å². The van der Waals surface area contributed by atoms with E-state index in [9.17, 15) is 17.6 Å². The lowest BCUT2D eigenvalue weighted by Gasteiger charge is -2.26. The molecule has 0 saturated heterocycles. The maximum absolute atomic E-state index is 13.0. The van der Waals surface area contributed by atoms with Gasteiger partial charge in [0.25, 0.3) is 0 Å². The zero-order chi connectivity index (χ0) is 21.6. The average Bonchev–Trinajstić information content (AvgIpc) is 2.70. The standard InChI is InChI=1S/C21H26FN3O4S/c1-15-2-6-18(7-3-15)25-30(27,28)14-20(26)24-13-16-10-11-23-21(12-16)29-19-8-4-17(22)5-9-19/h4-5,8-12,15,18,25H,2-3,6-7,13-14H2,1H3,(H,24,26). The van der Waals surface area contributed by atoms with Gasteiger partial charge in [0.05, 0.1) is 0 Å². The highest BCUT2D eigenvalue weighted by Gasteiger charge is 2.24. The Balaban J connectivity index is 1.48. The van der Waals surface area contributed by atoms with E-state index in [-0.39, 0.29) is 24.3 Å². The molecule has 0 unspecified atom stereocenters. The molecule has 7 nitrogen and oxygen atoms in total. The number of nitrogens with one attached hydrogen (secondary N) is 2. The third-order valence-electron chi connectivity index (χ3n) is 5.01. The molecule has 0 bridgehead atoms. The van der Waals surface area contributed by atoms with Gasteiger partial charge in [-0.1, -0.05) is 6.92 Å². The van der Waals surface area contributed by atoms with Crippen molar-refractivity contribution < 1.29 is 22.3 Å². The lowest BCUT2D eigenvalue weighted by Crippen LogP contribution is -2.42. The molecule has 1 aromatic carbocycles. The second-order valence-corrected chi connectivity index (χ2v) is 9.42. The molecule has 1 aromatic heterocycles. The predicted molar refractivity (Wildman–Crippen MR) is 111 cm³/mol. The largest absolute Gasteiger partial charge is 0.439 e. The monoisotopic (exact) mass is 435 g/mol. The van der Waals surface area contributed by atoms with Gasteiger partial charge in [-0.25, -0.2) is 22.5 Å². The summed E-state index contributed by atoms with van der Waals surface area (Å²) in [6.45, 7) is 2.30. The van der Waals surface area contributed by atoms with Crippen molar-refractivity contribution in [2.24, 2.45) is 5.92 Å². The third kappa shape index (κ3) is 7.07. The molecule has 2 aromatic rings. The van der Waals surface area contributed by atoms with Gasteiger partial charge in [0, 0.05) is 24.8 Å². The van der Waals surface area contributed by atoms with Gasteiger partial charge in [-0.15, -0.1) is 0 Å². The minimum absolute atomic E-state index is 0.0923. The smallest absolute Gasteiger partial charge is 0.236 e. The van der Waals surface area contributed by atoms with Crippen LogP contribution >= 0.6 is 0 Å². The summed E-state index contributed by atoms with van der Waals surface area (Å²) in [5, 5.41) is 2.61. The highest BCUT2D eigenvalue weighted by atomic mass is 32.2. The summed E-state index contributed by atoms with van der Waals surface area (Å²) < 4.78 is 45.7. The lowest BCUT2D eigenvalue weighted by atomic mass is 9.88. The summed E-state index contributed by atoms with van der Waals surface area (Å²) in [4.78, 5) is 16.2. The van der Waals surface area contributed by atoms with Crippen LogP contribution in [0.4, 0.5) is 4.39 Å². The molecular formula is C21H26FN3O4S. The summed E-state index contributed by atoms with van der Waals surface area (Å²) >= 11 is 0. The molecule has 1 aliphatic carbocycles. The van der Waals surface area contributed by atoms with E-state index in [0.717, 1.165) is 25.7 Å². The van der Waals surface area contributed by atoms with Gasteiger partial charge in [0.15, 0.2) is 0 Å². The van der Waals surface area contributed by atoms with Crippen molar-refractivity contribution in [3.8, 4) is 11.6 Å². The van der Waals surface area contributed by atoms with E-state index in [4.69, 9.17) is 4.74 Å². The molecule has 1 saturated carbocycles. The molecule has 30 heavy (non-hydrogen) atoms. The lowest BCUT2D eigenvalue weighted by molar-refractivity contribution is -0.118. The predicted octanol–water partition coefficient (Wildman–Crippen LogP) is 3.13. The van der Waals surface area contributed by atoms with Crippen molar-refractivity contribution >= 4 is 15.9 Å². The first-order chi connectivity index (χ1) is 14.3. The number of hydrogen-bond donors (Lipinski definition) is 2. The first kappa shape index (κ1) is 22.2. The first-order valence-corrected chi connectivity index (χ1v) is 11.6. The van der Waals surface area contributed by atoms with E-state index >= 15 is 0 Å². The van der Waals surface area contributed by atoms with Crippen LogP contribution in [-0.4, -0.2) is 31.1 Å². The third-order valence-corrected chi connectivity index (χ3v) is 6.34. The fourth-order valence-electron chi connectivity index (χ4n) is 3.34. The Kier molecular flexibility index (Phi) is 7.38. The number of aromatic nitrogens is 1. The molecule has 0 radical (unpaired) electrons. The van der Waals surface area contributed by atoms with Crippen LogP contribution in [0, 0.1) is 11.7 Å². The fourth-order valence-corrected chi connectivity index (χ4v) is 4.61. The highest BCUT2D eigenvalue weighted by molar-refractivity contribution is 7.90. The van der Waals surface area contributed by atoms with Gasteiger partial charge in [0.1, 0.15) is 17.3 Å². The van der Waals surface area contributed by atoms with Gasteiger partial charge >= 0.3 is 0 Å². The van der Waals surface area contributed by atoms with E-state index in [1.54, 1.807) is 12.1 Å². The van der Waals surface area contributed by atoms with E-state index in [1.807, 2.05) is 0 Å². The van der Waals surface area contributed by atoms with Gasteiger partial charge in [-0.3, -0.25) is 4.79 Å². The van der Waals surface area contributed by atoms with Gasteiger partial charge in [-0.2, -0.15) is 0 Å². The molecule has 0 atom stereocenters. The summed E-state index contributed by atoms with van der Waals surface area (Å²) in [6, 6.07) is 8.74. The molecular weight excluding hydrogens is 409 g/mol. The maximum Gasteiger partial charge on any atom is 0.236 e. The number of halogens is 1. The summed E-state index contributed by atoms with van der Waals surface area (Å²) in [6.07, 6.45) is 5.10. The molecule has 9 heteroatoms. The van der Waals surface area contributed by atoms with Crippen LogP contribution in [-0.2, 0) is 21.4 Å². The fraction of sp³-hybridized carbons (Fsp3) is 0.429. The normalized spacial score (nSPS) is 19.3. The number of sulfonamides is 1. The Morgan fingerprint density at radius 2 is 1.87 bits per heavy atom. The van der Waals surface area contributed by atoms with Gasteiger partial charge < -0.3 is 10.1 Å². The molecule has 1 heterocycles. The van der Waals surface area contributed by atoms with E-state index in [1.165, 1.54) is 30.5 Å². The maximum atomic E-state index is 13.0. The number of amides is 1. The van der Waals surface area contributed by atoms with Crippen LogP contribution in [0.25, 0.3) is 0 Å². The zero-order valence-electron chi connectivity index (χ0n) is 16.8. The Bertz CT molecular complexity index is 958. The number of hydrogen-bond acceptors (Lipinski definition) is 5. The quantitative estimate of drug-likeness (QED) is 0.664. The van der Waals surface area contributed by atoms with Crippen LogP contribution < -0.4 is 14.8 Å². The topological polar surface area (TPSA) is 97.4 Å².